The first-order valence-corrected chi connectivity index (χ1v) is 11.5. The number of hydrogen-bond acceptors (Lipinski definition) is 6. The van der Waals surface area contributed by atoms with Crippen molar-refractivity contribution < 1.29 is 14.3 Å². The molecule has 1 aromatic carbocycles. The summed E-state index contributed by atoms with van der Waals surface area (Å²) < 4.78 is 5.48. The van der Waals surface area contributed by atoms with Gasteiger partial charge < -0.3 is 19.9 Å². The second-order valence-corrected chi connectivity index (χ2v) is 8.30. The molecule has 0 radical (unpaired) electrons. The number of carbonyl (C=O) groups excluding carboxylic acids is 2. The molecular formula is C23H37N5O3. The summed E-state index contributed by atoms with van der Waals surface area (Å²) in [6.45, 7) is 10.2. The fourth-order valence-electron chi connectivity index (χ4n) is 4.15. The highest BCUT2D eigenvalue weighted by Gasteiger charge is 2.26. The van der Waals surface area contributed by atoms with E-state index < -0.39 is 0 Å². The largest absolute Gasteiger partial charge is 0.495 e. The van der Waals surface area contributed by atoms with Gasteiger partial charge in [-0.15, -0.1) is 0 Å². The molecule has 8 heteroatoms. The van der Waals surface area contributed by atoms with Crippen molar-refractivity contribution >= 4 is 17.5 Å². The van der Waals surface area contributed by atoms with Gasteiger partial charge in [-0.1, -0.05) is 25.5 Å². The number of unbranched alkanes of at least 4 members (excludes halogenated alkanes) is 1. The Morgan fingerprint density at radius 3 is 2.26 bits per heavy atom. The average molecular weight is 432 g/mol. The molecule has 0 aliphatic carbocycles. The van der Waals surface area contributed by atoms with Gasteiger partial charge in [0.2, 0.25) is 11.8 Å². The van der Waals surface area contributed by atoms with Crippen LogP contribution in [0.25, 0.3) is 0 Å². The molecule has 1 N–H and O–H groups in total. The highest BCUT2D eigenvalue weighted by Crippen LogP contribution is 2.28. The van der Waals surface area contributed by atoms with Gasteiger partial charge in [0.15, 0.2) is 0 Å². The first-order chi connectivity index (χ1) is 15.1. The normalized spacial score (nSPS) is 18.1. The Kier molecular flexibility index (Phi) is 8.97. The number of nitrogens with zero attached hydrogens (tertiary/aromatic N) is 4. The van der Waals surface area contributed by atoms with E-state index >= 15 is 0 Å². The number of rotatable bonds is 9. The maximum atomic E-state index is 12.8. The fraction of sp³-hybridized carbons (Fsp3) is 0.652. The molecule has 8 nitrogen and oxygen atoms in total. The van der Waals surface area contributed by atoms with Crippen LogP contribution in [0.15, 0.2) is 24.3 Å². The third-order valence-corrected chi connectivity index (χ3v) is 6.10. The number of para-hydroxylation sites is 2. The minimum atomic E-state index is 0.0844. The van der Waals surface area contributed by atoms with Crippen molar-refractivity contribution in [1.82, 2.24) is 20.0 Å². The fourth-order valence-corrected chi connectivity index (χ4v) is 4.15. The highest BCUT2D eigenvalue weighted by molar-refractivity contribution is 5.79. The van der Waals surface area contributed by atoms with Crippen LogP contribution in [0.1, 0.15) is 19.8 Å². The Balaban J connectivity index is 1.37. The quantitative estimate of drug-likeness (QED) is 0.586. The molecule has 2 saturated heterocycles. The summed E-state index contributed by atoms with van der Waals surface area (Å²) in [4.78, 5) is 33.4. The van der Waals surface area contributed by atoms with Crippen LogP contribution in [-0.2, 0) is 9.59 Å². The summed E-state index contributed by atoms with van der Waals surface area (Å²) >= 11 is 0. The van der Waals surface area contributed by atoms with E-state index in [0.29, 0.717) is 26.2 Å². The van der Waals surface area contributed by atoms with Crippen molar-refractivity contribution in [3.05, 3.63) is 24.3 Å². The van der Waals surface area contributed by atoms with Gasteiger partial charge in [-0.2, -0.15) is 0 Å². The third-order valence-electron chi connectivity index (χ3n) is 6.10. The van der Waals surface area contributed by atoms with Gasteiger partial charge in [0.25, 0.3) is 0 Å². The van der Waals surface area contributed by atoms with Crippen LogP contribution in [0.3, 0.4) is 0 Å². The van der Waals surface area contributed by atoms with Crippen molar-refractivity contribution in [3.63, 3.8) is 0 Å². The molecule has 0 aromatic heterocycles. The van der Waals surface area contributed by atoms with Gasteiger partial charge >= 0.3 is 0 Å². The number of anilines is 1. The molecule has 31 heavy (non-hydrogen) atoms. The Labute approximate surface area is 186 Å². The zero-order valence-corrected chi connectivity index (χ0v) is 19.0. The Morgan fingerprint density at radius 1 is 0.935 bits per heavy atom. The lowest BCUT2D eigenvalue weighted by Gasteiger charge is -2.38. The van der Waals surface area contributed by atoms with Crippen LogP contribution in [0.4, 0.5) is 5.69 Å². The van der Waals surface area contributed by atoms with Gasteiger partial charge in [-0.05, 0) is 18.6 Å². The summed E-state index contributed by atoms with van der Waals surface area (Å²) in [5.41, 5.74) is 1.12. The molecular weight excluding hydrogens is 394 g/mol. The maximum Gasteiger partial charge on any atom is 0.236 e. The van der Waals surface area contributed by atoms with E-state index in [-0.39, 0.29) is 11.8 Å². The average Bonchev–Trinajstić information content (AvgIpc) is 2.80. The molecule has 0 unspecified atom stereocenters. The number of nitrogens with one attached hydrogen (secondary N) is 1. The maximum absolute atomic E-state index is 12.8. The topological polar surface area (TPSA) is 68.4 Å². The summed E-state index contributed by atoms with van der Waals surface area (Å²) in [5, 5.41) is 2.96. The minimum absolute atomic E-state index is 0.0844. The van der Waals surface area contributed by atoms with E-state index in [4.69, 9.17) is 4.74 Å². The number of methoxy groups -OCH3 is 1. The Bertz CT molecular complexity index is 713. The lowest BCUT2D eigenvalue weighted by Crippen LogP contribution is -2.54. The van der Waals surface area contributed by atoms with E-state index in [9.17, 15) is 9.59 Å². The van der Waals surface area contributed by atoms with Gasteiger partial charge in [0, 0.05) is 58.9 Å². The van der Waals surface area contributed by atoms with Crippen molar-refractivity contribution in [1.29, 1.82) is 0 Å². The lowest BCUT2D eigenvalue weighted by atomic mass is 10.2. The Hall–Kier alpha value is -2.32. The molecule has 0 atom stereocenters. The Morgan fingerprint density at radius 2 is 1.58 bits per heavy atom. The molecule has 2 aliphatic heterocycles. The molecule has 2 aliphatic rings. The number of hydrogen-bond donors (Lipinski definition) is 1. The summed E-state index contributed by atoms with van der Waals surface area (Å²) in [6, 6.07) is 8.08. The zero-order chi connectivity index (χ0) is 22.1. The molecule has 2 fully saturated rings. The third kappa shape index (κ3) is 6.83. The molecule has 0 saturated carbocycles. The number of piperazine rings is 2. The molecule has 2 heterocycles. The van der Waals surface area contributed by atoms with Crippen LogP contribution in [0.2, 0.25) is 0 Å². The standard InChI is InChI=1S/C23H37N5O3/c1-3-4-9-24-22(29)18-25-12-16-28(17-13-25)23(30)19-26-10-14-27(15-11-26)20-7-5-6-8-21(20)31-2/h5-8H,3-4,9-19H2,1-2H3,(H,24,29). The van der Waals surface area contributed by atoms with Crippen LogP contribution in [0.5, 0.6) is 5.75 Å². The van der Waals surface area contributed by atoms with Crippen LogP contribution in [0, 0.1) is 0 Å². The van der Waals surface area contributed by atoms with Crippen LogP contribution < -0.4 is 15.0 Å². The predicted molar refractivity (Wildman–Crippen MR) is 123 cm³/mol. The smallest absolute Gasteiger partial charge is 0.236 e. The van der Waals surface area contributed by atoms with Crippen molar-refractivity contribution in [2.45, 2.75) is 19.8 Å². The number of carbonyl (C=O) groups is 2. The number of benzene rings is 1. The molecule has 2 amide bonds. The van der Waals surface area contributed by atoms with Gasteiger partial charge in [-0.3, -0.25) is 19.4 Å². The van der Waals surface area contributed by atoms with E-state index in [1.807, 2.05) is 23.1 Å². The molecule has 172 valence electrons. The number of amides is 2. The number of ether oxygens (including phenoxy) is 1. The minimum Gasteiger partial charge on any atom is -0.495 e. The summed E-state index contributed by atoms with van der Waals surface area (Å²) in [6.07, 6.45) is 2.09. The molecule has 0 spiro atoms. The van der Waals surface area contributed by atoms with E-state index in [2.05, 4.69) is 33.0 Å². The summed E-state index contributed by atoms with van der Waals surface area (Å²) in [5.74, 6) is 1.17. The van der Waals surface area contributed by atoms with Gasteiger partial charge in [-0.25, -0.2) is 0 Å². The zero-order valence-electron chi connectivity index (χ0n) is 19.0. The lowest BCUT2D eigenvalue weighted by molar-refractivity contribution is -0.134. The summed E-state index contributed by atoms with van der Waals surface area (Å²) in [7, 11) is 1.70. The van der Waals surface area contributed by atoms with E-state index in [0.717, 1.165) is 70.1 Å². The first-order valence-electron chi connectivity index (χ1n) is 11.5. The van der Waals surface area contributed by atoms with E-state index in [1.165, 1.54) is 0 Å². The van der Waals surface area contributed by atoms with Gasteiger partial charge in [0.05, 0.1) is 25.9 Å². The first kappa shape index (κ1) is 23.3. The van der Waals surface area contributed by atoms with Crippen molar-refractivity contribution in [2.75, 3.05) is 84.0 Å². The second kappa shape index (κ2) is 11.9. The van der Waals surface area contributed by atoms with Crippen molar-refractivity contribution in [2.24, 2.45) is 0 Å². The van der Waals surface area contributed by atoms with E-state index in [1.54, 1.807) is 7.11 Å². The van der Waals surface area contributed by atoms with Crippen molar-refractivity contribution in [3.8, 4) is 5.75 Å². The molecule has 0 bridgehead atoms. The second-order valence-electron chi connectivity index (χ2n) is 8.30. The highest BCUT2D eigenvalue weighted by atomic mass is 16.5. The SMILES string of the molecule is CCCCNC(=O)CN1CCN(C(=O)CN2CCN(c3ccccc3OC)CC2)CC1. The van der Waals surface area contributed by atoms with Gasteiger partial charge in [0.1, 0.15) is 5.75 Å². The van der Waals surface area contributed by atoms with Crippen LogP contribution >= 0.6 is 0 Å². The predicted octanol–water partition coefficient (Wildman–Crippen LogP) is 0.878. The monoisotopic (exact) mass is 431 g/mol. The molecule has 1 aromatic rings. The van der Waals surface area contributed by atoms with Crippen LogP contribution in [-0.4, -0.2) is 106 Å². The molecule has 3 rings (SSSR count).